The van der Waals surface area contributed by atoms with Crippen molar-refractivity contribution in [3.05, 3.63) is 58.1 Å². The van der Waals surface area contributed by atoms with E-state index in [0.717, 1.165) is 10.5 Å². The molecule has 0 aliphatic carbocycles. The van der Waals surface area contributed by atoms with Crippen molar-refractivity contribution in [2.45, 2.75) is 37.8 Å². The molecule has 0 bridgehead atoms. The quantitative estimate of drug-likeness (QED) is 0.540. The highest BCUT2D eigenvalue weighted by Gasteiger charge is 2.19. The number of benzene rings is 2. The van der Waals surface area contributed by atoms with Crippen molar-refractivity contribution in [1.82, 2.24) is 4.90 Å². The molecule has 8 heteroatoms. The third-order valence-electron chi connectivity index (χ3n) is 3.96. The fourth-order valence-electron chi connectivity index (χ4n) is 2.47. The Labute approximate surface area is 179 Å². The number of thioether (sulfide) groups is 1. The number of hydrogen-bond acceptors (Lipinski definition) is 3. The number of nitrogens with two attached hydrogens (primary N) is 1. The zero-order valence-electron chi connectivity index (χ0n) is 15.7. The summed E-state index contributed by atoms with van der Waals surface area (Å²) < 4.78 is 0. The van der Waals surface area contributed by atoms with Crippen molar-refractivity contribution in [3.8, 4) is 0 Å². The van der Waals surface area contributed by atoms with Crippen LogP contribution >= 0.6 is 35.0 Å². The second-order valence-corrected chi connectivity index (χ2v) is 8.41. The Hall–Kier alpha value is -1.89. The van der Waals surface area contributed by atoms with E-state index in [1.807, 2.05) is 44.2 Å². The number of hydrogen-bond donors (Lipinski definition) is 2. The lowest BCUT2D eigenvalue weighted by molar-refractivity contribution is -0.117. The Morgan fingerprint density at radius 3 is 2.50 bits per heavy atom. The monoisotopic (exact) mass is 439 g/mol. The minimum Gasteiger partial charge on any atom is -0.370 e. The van der Waals surface area contributed by atoms with Gasteiger partial charge in [-0.2, -0.15) is 0 Å². The summed E-state index contributed by atoms with van der Waals surface area (Å²) >= 11 is 13.5. The molecule has 150 valence electrons. The van der Waals surface area contributed by atoms with Gasteiger partial charge in [-0.1, -0.05) is 41.4 Å². The molecule has 0 spiro atoms. The van der Waals surface area contributed by atoms with Crippen LogP contribution in [0.3, 0.4) is 0 Å². The van der Waals surface area contributed by atoms with E-state index in [9.17, 15) is 9.59 Å². The number of nitrogens with zero attached hydrogens (tertiary/aromatic N) is 1. The average Bonchev–Trinajstić information content (AvgIpc) is 2.63. The van der Waals surface area contributed by atoms with Crippen LogP contribution in [0.4, 0.5) is 10.5 Å². The van der Waals surface area contributed by atoms with Gasteiger partial charge in [-0.15, -0.1) is 11.8 Å². The van der Waals surface area contributed by atoms with Crippen LogP contribution in [0.15, 0.2) is 47.4 Å². The van der Waals surface area contributed by atoms with E-state index < -0.39 is 0 Å². The number of primary amides is 1. The Kier molecular flexibility index (Phi) is 8.48. The lowest BCUT2D eigenvalue weighted by Crippen LogP contribution is -2.39. The van der Waals surface area contributed by atoms with E-state index in [2.05, 4.69) is 5.32 Å². The van der Waals surface area contributed by atoms with Crippen LogP contribution in [0.2, 0.25) is 10.0 Å². The number of halogens is 2. The molecule has 0 aliphatic rings. The number of carbonyl (C=O) groups excluding carboxylic acids is 2. The Bertz CT molecular complexity index is 846. The van der Waals surface area contributed by atoms with Crippen molar-refractivity contribution < 1.29 is 9.59 Å². The highest BCUT2D eigenvalue weighted by atomic mass is 35.5. The van der Waals surface area contributed by atoms with Gasteiger partial charge in [-0.25, -0.2) is 4.79 Å². The fraction of sp³-hybridized carbons (Fsp3) is 0.300. The molecule has 28 heavy (non-hydrogen) atoms. The third-order valence-corrected chi connectivity index (χ3v) is 5.77. The van der Waals surface area contributed by atoms with E-state index in [1.165, 1.54) is 11.8 Å². The minimum absolute atomic E-state index is 0.0240. The van der Waals surface area contributed by atoms with Gasteiger partial charge in [0.1, 0.15) is 0 Å². The van der Waals surface area contributed by atoms with Crippen LogP contribution < -0.4 is 11.1 Å². The normalized spacial score (nSPS) is 10.8. The number of carbonyl (C=O) groups is 2. The summed E-state index contributed by atoms with van der Waals surface area (Å²) in [4.78, 5) is 26.5. The molecule has 2 aromatic carbocycles. The highest BCUT2D eigenvalue weighted by molar-refractivity contribution is 7.99. The van der Waals surface area contributed by atoms with Gasteiger partial charge in [0, 0.05) is 29.7 Å². The van der Waals surface area contributed by atoms with Crippen molar-refractivity contribution >= 4 is 52.6 Å². The summed E-state index contributed by atoms with van der Waals surface area (Å²) in [6, 6.07) is 12.6. The van der Waals surface area contributed by atoms with Gasteiger partial charge in [-0.3, -0.25) is 4.79 Å². The molecule has 0 heterocycles. The summed E-state index contributed by atoms with van der Waals surface area (Å²) in [7, 11) is 0. The van der Waals surface area contributed by atoms with Gasteiger partial charge in [0.05, 0.1) is 15.7 Å². The molecule has 2 rings (SSSR count). The minimum atomic E-state index is -0.346. The standard InChI is InChI=1S/C20H23Cl2N3O2S/c1-13(2)25(12-14-7-8-15(21)16(22)11-14)20(27)24-17-5-3-4-6-18(17)28-10-9-19(23)26/h3-8,11,13H,9-10,12H2,1-2H3,(H2,23,26)(H,24,27). The fourth-order valence-corrected chi connectivity index (χ4v) is 3.76. The largest absolute Gasteiger partial charge is 0.370 e. The van der Waals surface area contributed by atoms with Crippen LogP contribution in [0, 0.1) is 0 Å². The molecule has 3 amide bonds. The molecule has 0 radical (unpaired) electrons. The van der Waals surface area contributed by atoms with Gasteiger partial charge in [0.15, 0.2) is 0 Å². The molecular weight excluding hydrogens is 417 g/mol. The molecule has 0 saturated heterocycles. The van der Waals surface area contributed by atoms with E-state index in [0.29, 0.717) is 28.0 Å². The van der Waals surface area contributed by atoms with Crippen molar-refractivity contribution in [2.24, 2.45) is 5.73 Å². The number of anilines is 1. The molecule has 0 unspecified atom stereocenters. The van der Waals surface area contributed by atoms with E-state index in [-0.39, 0.29) is 24.4 Å². The lowest BCUT2D eigenvalue weighted by atomic mass is 10.2. The molecule has 3 N–H and O–H groups in total. The maximum atomic E-state index is 12.9. The second-order valence-electron chi connectivity index (χ2n) is 6.46. The van der Waals surface area contributed by atoms with E-state index in [1.54, 1.807) is 17.0 Å². The summed E-state index contributed by atoms with van der Waals surface area (Å²) in [6.07, 6.45) is 0.280. The van der Waals surface area contributed by atoms with E-state index in [4.69, 9.17) is 28.9 Å². The lowest BCUT2D eigenvalue weighted by Gasteiger charge is -2.27. The van der Waals surface area contributed by atoms with Crippen LogP contribution in [0.5, 0.6) is 0 Å². The Balaban J connectivity index is 2.11. The number of nitrogens with one attached hydrogen (secondary N) is 1. The smallest absolute Gasteiger partial charge is 0.322 e. The zero-order valence-corrected chi connectivity index (χ0v) is 18.1. The summed E-state index contributed by atoms with van der Waals surface area (Å²) in [5.74, 6) is 0.209. The average molecular weight is 440 g/mol. The molecule has 0 aliphatic heterocycles. The van der Waals surface area contributed by atoms with Gasteiger partial charge < -0.3 is 16.0 Å². The first kappa shape index (κ1) is 22.4. The van der Waals surface area contributed by atoms with Crippen LogP contribution in [-0.2, 0) is 11.3 Å². The van der Waals surface area contributed by atoms with Crippen LogP contribution in [0.25, 0.3) is 0 Å². The third kappa shape index (κ3) is 6.62. The maximum Gasteiger partial charge on any atom is 0.322 e. The van der Waals surface area contributed by atoms with Crippen molar-refractivity contribution in [2.75, 3.05) is 11.1 Å². The van der Waals surface area contributed by atoms with Gasteiger partial charge in [0.2, 0.25) is 5.91 Å². The Morgan fingerprint density at radius 1 is 1.14 bits per heavy atom. The molecule has 2 aromatic rings. The van der Waals surface area contributed by atoms with E-state index >= 15 is 0 Å². The summed E-state index contributed by atoms with van der Waals surface area (Å²) in [5, 5.41) is 3.90. The number of amides is 3. The molecule has 0 fully saturated rings. The van der Waals surface area contributed by atoms with Gasteiger partial charge >= 0.3 is 6.03 Å². The van der Waals surface area contributed by atoms with Gasteiger partial charge in [-0.05, 0) is 43.7 Å². The predicted molar refractivity (Wildman–Crippen MR) is 117 cm³/mol. The Morgan fingerprint density at radius 2 is 1.86 bits per heavy atom. The topological polar surface area (TPSA) is 75.4 Å². The SMILES string of the molecule is CC(C)N(Cc1ccc(Cl)c(Cl)c1)C(=O)Nc1ccccc1SCCC(N)=O. The number of urea groups is 1. The maximum absolute atomic E-state index is 12.9. The molecule has 0 atom stereocenters. The molecular formula is C20H23Cl2N3O2S. The van der Waals surface area contributed by atoms with Gasteiger partial charge in [0.25, 0.3) is 0 Å². The first-order valence-electron chi connectivity index (χ1n) is 8.79. The first-order valence-corrected chi connectivity index (χ1v) is 10.5. The van der Waals surface area contributed by atoms with Crippen LogP contribution in [0.1, 0.15) is 25.8 Å². The second kappa shape index (κ2) is 10.6. The van der Waals surface area contributed by atoms with Crippen LogP contribution in [-0.4, -0.2) is 28.6 Å². The zero-order chi connectivity index (χ0) is 20.7. The summed E-state index contributed by atoms with van der Waals surface area (Å²) in [6.45, 7) is 4.30. The number of para-hydroxylation sites is 1. The van der Waals surface area contributed by atoms with Crippen molar-refractivity contribution in [3.63, 3.8) is 0 Å². The molecule has 5 nitrogen and oxygen atoms in total. The molecule has 0 saturated carbocycles. The summed E-state index contributed by atoms with van der Waals surface area (Å²) in [5.41, 5.74) is 6.78. The first-order chi connectivity index (χ1) is 13.3. The van der Waals surface area contributed by atoms with Crippen molar-refractivity contribution in [1.29, 1.82) is 0 Å². The number of rotatable bonds is 8. The molecule has 0 aromatic heterocycles. The predicted octanol–water partition coefficient (Wildman–Crippen LogP) is 5.40. The highest BCUT2D eigenvalue weighted by Crippen LogP contribution is 2.28.